The smallest absolute Gasteiger partial charge is 0.0992 e. The van der Waals surface area contributed by atoms with E-state index in [-0.39, 0.29) is 0 Å². The summed E-state index contributed by atoms with van der Waals surface area (Å²) in [5, 5.41) is 12.4. The molecule has 1 atom stereocenters. The molecule has 0 aromatic heterocycles. The first kappa shape index (κ1) is 12.6. The lowest BCUT2D eigenvalue weighted by molar-refractivity contribution is 0.600. The summed E-state index contributed by atoms with van der Waals surface area (Å²) < 4.78 is 0. The molecule has 1 unspecified atom stereocenters. The van der Waals surface area contributed by atoms with Crippen molar-refractivity contribution in [2.45, 2.75) is 25.3 Å². The summed E-state index contributed by atoms with van der Waals surface area (Å²) in [6, 6.07) is 16.4. The number of nitrogens with two attached hydrogens (primary N) is 1. The number of anilines is 2. The van der Waals surface area contributed by atoms with Crippen LogP contribution in [0.3, 0.4) is 0 Å². The van der Waals surface area contributed by atoms with Crippen LogP contribution in [0.25, 0.3) is 0 Å². The van der Waals surface area contributed by atoms with Crippen molar-refractivity contribution < 1.29 is 0 Å². The van der Waals surface area contributed by atoms with Crippen LogP contribution in [-0.4, -0.2) is 0 Å². The zero-order chi connectivity index (χ0) is 13.9. The van der Waals surface area contributed by atoms with Gasteiger partial charge in [0.15, 0.2) is 0 Å². The molecule has 1 aliphatic carbocycles. The number of rotatable bonds is 2. The third-order valence-electron chi connectivity index (χ3n) is 3.88. The van der Waals surface area contributed by atoms with Crippen LogP contribution in [-0.2, 0) is 6.42 Å². The normalized spacial score (nSPS) is 17.1. The van der Waals surface area contributed by atoms with Crippen molar-refractivity contribution in [1.82, 2.24) is 0 Å². The monoisotopic (exact) mass is 263 g/mol. The summed E-state index contributed by atoms with van der Waals surface area (Å²) in [4.78, 5) is 0. The van der Waals surface area contributed by atoms with E-state index in [9.17, 15) is 0 Å². The highest BCUT2D eigenvalue weighted by Crippen LogP contribution is 2.33. The van der Waals surface area contributed by atoms with Crippen LogP contribution in [0.15, 0.2) is 42.5 Å². The molecule has 0 saturated heterocycles. The number of aryl methyl sites for hydroxylation is 1. The molecule has 3 N–H and O–H groups in total. The summed E-state index contributed by atoms with van der Waals surface area (Å²) in [7, 11) is 0. The fraction of sp³-hybridized carbons (Fsp3) is 0.235. The molecule has 3 rings (SSSR count). The van der Waals surface area contributed by atoms with Gasteiger partial charge in [0, 0.05) is 0 Å². The fourth-order valence-corrected chi connectivity index (χ4v) is 2.86. The van der Waals surface area contributed by atoms with E-state index in [4.69, 9.17) is 11.0 Å². The second kappa shape index (κ2) is 5.26. The topological polar surface area (TPSA) is 61.8 Å². The second-order valence-corrected chi connectivity index (χ2v) is 5.20. The van der Waals surface area contributed by atoms with E-state index < -0.39 is 0 Å². The Morgan fingerprint density at radius 3 is 2.85 bits per heavy atom. The Morgan fingerprint density at radius 1 is 1.20 bits per heavy atom. The lowest BCUT2D eigenvalue weighted by atomic mass is 9.87. The van der Waals surface area contributed by atoms with E-state index in [0.29, 0.717) is 17.3 Å². The van der Waals surface area contributed by atoms with E-state index in [2.05, 4.69) is 35.7 Å². The van der Waals surface area contributed by atoms with Gasteiger partial charge in [0.2, 0.25) is 0 Å². The maximum Gasteiger partial charge on any atom is 0.0992 e. The molecule has 0 aliphatic heterocycles. The largest absolute Gasteiger partial charge is 0.397 e. The molecule has 3 nitrogen and oxygen atoms in total. The molecule has 0 radical (unpaired) electrons. The lowest BCUT2D eigenvalue weighted by Gasteiger charge is -2.27. The summed E-state index contributed by atoms with van der Waals surface area (Å²) in [5.41, 5.74) is 10.9. The molecule has 20 heavy (non-hydrogen) atoms. The molecule has 0 bridgehead atoms. The Balaban J connectivity index is 1.88. The molecule has 0 fully saturated rings. The van der Waals surface area contributed by atoms with Gasteiger partial charge in [0.05, 0.1) is 29.0 Å². The Hall–Kier alpha value is -2.47. The van der Waals surface area contributed by atoms with Crippen LogP contribution in [0, 0.1) is 11.3 Å². The minimum Gasteiger partial charge on any atom is -0.397 e. The quantitative estimate of drug-likeness (QED) is 0.813. The number of nitrogens with zero attached hydrogens (tertiary/aromatic N) is 1. The Kier molecular flexibility index (Phi) is 3.30. The molecule has 0 saturated carbocycles. The highest BCUT2D eigenvalue weighted by Gasteiger charge is 2.19. The predicted molar refractivity (Wildman–Crippen MR) is 81.3 cm³/mol. The Labute approximate surface area is 119 Å². The molecule has 3 heteroatoms. The first-order valence-electron chi connectivity index (χ1n) is 6.92. The first-order valence-corrected chi connectivity index (χ1v) is 6.92. The summed E-state index contributed by atoms with van der Waals surface area (Å²) in [5.74, 6) is 0. The lowest BCUT2D eigenvalue weighted by Crippen LogP contribution is -2.17. The maximum absolute atomic E-state index is 8.88. The van der Waals surface area contributed by atoms with Crippen molar-refractivity contribution in [3.63, 3.8) is 0 Å². The fourth-order valence-electron chi connectivity index (χ4n) is 2.86. The summed E-state index contributed by atoms with van der Waals surface area (Å²) >= 11 is 0. The van der Waals surface area contributed by atoms with Gasteiger partial charge in [0.25, 0.3) is 0 Å². The third-order valence-corrected chi connectivity index (χ3v) is 3.88. The van der Waals surface area contributed by atoms with Crippen LogP contribution in [0.4, 0.5) is 11.4 Å². The van der Waals surface area contributed by atoms with Crippen molar-refractivity contribution >= 4 is 11.4 Å². The van der Waals surface area contributed by atoms with E-state index in [0.717, 1.165) is 18.5 Å². The van der Waals surface area contributed by atoms with Crippen molar-refractivity contribution in [2.24, 2.45) is 0 Å². The van der Waals surface area contributed by atoms with Gasteiger partial charge in [-0.05, 0) is 48.6 Å². The number of nitrogen functional groups attached to an aromatic ring is 1. The minimum absolute atomic E-state index is 0.301. The number of nitrogens with one attached hydrogen (secondary N) is 1. The zero-order valence-electron chi connectivity index (χ0n) is 11.3. The van der Waals surface area contributed by atoms with E-state index in [1.165, 1.54) is 17.5 Å². The first-order chi connectivity index (χ1) is 9.78. The number of fused-ring (bicyclic) bond motifs is 1. The second-order valence-electron chi connectivity index (χ2n) is 5.20. The predicted octanol–water partition coefficient (Wildman–Crippen LogP) is 3.63. The highest BCUT2D eigenvalue weighted by atomic mass is 14.9. The van der Waals surface area contributed by atoms with Crippen LogP contribution in [0.2, 0.25) is 0 Å². The maximum atomic E-state index is 8.88. The van der Waals surface area contributed by atoms with Crippen molar-refractivity contribution in [3.05, 3.63) is 59.2 Å². The SMILES string of the molecule is N#Cc1ccc(NC2CCCc3ccccc32)c(N)c1. The molecule has 0 amide bonds. The molecule has 1 aliphatic rings. The third kappa shape index (κ3) is 2.33. The van der Waals surface area contributed by atoms with Crippen LogP contribution in [0.1, 0.15) is 35.6 Å². The average Bonchev–Trinajstić information content (AvgIpc) is 2.49. The average molecular weight is 263 g/mol. The number of nitriles is 1. The Bertz CT molecular complexity index is 670. The molecule has 100 valence electrons. The molecule has 2 aromatic carbocycles. The van der Waals surface area contributed by atoms with Crippen molar-refractivity contribution in [1.29, 1.82) is 5.26 Å². The standard InChI is InChI=1S/C17H17N3/c18-11-12-8-9-17(15(19)10-12)20-16-7-3-5-13-4-1-2-6-14(13)16/h1-2,4,6,8-10,16,20H,3,5,7,19H2. The highest BCUT2D eigenvalue weighted by molar-refractivity contribution is 5.69. The van der Waals surface area contributed by atoms with Gasteiger partial charge >= 0.3 is 0 Å². The molecular weight excluding hydrogens is 246 g/mol. The van der Waals surface area contributed by atoms with E-state index >= 15 is 0 Å². The van der Waals surface area contributed by atoms with Crippen LogP contribution < -0.4 is 11.1 Å². The van der Waals surface area contributed by atoms with Gasteiger partial charge in [0.1, 0.15) is 0 Å². The summed E-state index contributed by atoms with van der Waals surface area (Å²) in [6.07, 6.45) is 3.44. The zero-order valence-corrected chi connectivity index (χ0v) is 11.3. The molecule has 0 spiro atoms. The molecule has 2 aromatic rings. The Morgan fingerprint density at radius 2 is 2.05 bits per heavy atom. The van der Waals surface area contributed by atoms with Gasteiger partial charge in [-0.3, -0.25) is 0 Å². The molecule has 0 heterocycles. The molecular formula is C17H17N3. The van der Waals surface area contributed by atoms with E-state index in [1.807, 2.05) is 6.07 Å². The number of hydrogen-bond donors (Lipinski definition) is 2. The van der Waals surface area contributed by atoms with Crippen LogP contribution >= 0.6 is 0 Å². The van der Waals surface area contributed by atoms with Crippen LogP contribution in [0.5, 0.6) is 0 Å². The van der Waals surface area contributed by atoms with Gasteiger partial charge in [-0.1, -0.05) is 24.3 Å². The van der Waals surface area contributed by atoms with Gasteiger partial charge in [-0.15, -0.1) is 0 Å². The van der Waals surface area contributed by atoms with Crippen molar-refractivity contribution in [2.75, 3.05) is 11.1 Å². The van der Waals surface area contributed by atoms with E-state index in [1.54, 1.807) is 12.1 Å². The number of benzene rings is 2. The van der Waals surface area contributed by atoms with Gasteiger partial charge in [-0.2, -0.15) is 5.26 Å². The van der Waals surface area contributed by atoms with Gasteiger partial charge in [-0.25, -0.2) is 0 Å². The minimum atomic E-state index is 0.301. The van der Waals surface area contributed by atoms with Gasteiger partial charge < -0.3 is 11.1 Å². The van der Waals surface area contributed by atoms with Crippen molar-refractivity contribution in [3.8, 4) is 6.07 Å². The number of hydrogen-bond acceptors (Lipinski definition) is 3. The summed E-state index contributed by atoms with van der Waals surface area (Å²) in [6.45, 7) is 0.